The van der Waals surface area contributed by atoms with Crippen LogP contribution < -0.4 is 5.32 Å². The minimum absolute atomic E-state index is 0.0321. The molecule has 5 nitrogen and oxygen atoms in total. The molecule has 7 heteroatoms. The molecule has 1 N–H and O–H groups in total. The highest BCUT2D eigenvalue weighted by molar-refractivity contribution is 8.04. The van der Waals surface area contributed by atoms with Gasteiger partial charge in [-0.1, -0.05) is 25.0 Å². The average Bonchev–Trinajstić information content (AvgIpc) is 3.18. The SMILES string of the molecule is CC1=C(SC2CCCC2)C(=O)N(C(C)(C)C(=O)Nc2cccc(CF)c2)CO1. The molecule has 0 radical (unpaired) electrons. The number of anilines is 1. The highest BCUT2D eigenvalue weighted by atomic mass is 32.2. The van der Waals surface area contributed by atoms with E-state index >= 15 is 0 Å². The molecular weight excluding hydrogens is 379 g/mol. The van der Waals surface area contributed by atoms with Gasteiger partial charge < -0.3 is 10.1 Å². The van der Waals surface area contributed by atoms with Gasteiger partial charge in [-0.3, -0.25) is 14.5 Å². The molecule has 1 heterocycles. The van der Waals surface area contributed by atoms with Crippen molar-refractivity contribution in [1.82, 2.24) is 4.90 Å². The number of benzene rings is 1. The molecule has 0 unspecified atom stereocenters. The third-order valence-electron chi connectivity index (χ3n) is 5.33. The summed E-state index contributed by atoms with van der Waals surface area (Å²) in [5.41, 5.74) is -0.127. The third-order valence-corrected chi connectivity index (χ3v) is 6.83. The van der Waals surface area contributed by atoms with E-state index < -0.39 is 12.2 Å². The number of hydrogen-bond donors (Lipinski definition) is 1. The lowest BCUT2D eigenvalue weighted by Crippen LogP contribution is -2.57. The molecule has 0 spiro atoms. The van der Waals surface area contributed by atoms with E-state index in [1.54, 1.807) is 49.9 Å². The van der Waals surface area contributed by atoms with Crippen LogP contribution in [-0.4, -0.2) is 34.2 Å². The van der Waals surface area contributed by atoms with Crippen molar-refractivity contribution in [3.63, 3.8) is 0 Å². The molecule has 3 rings (SSSR count). The Morgan fingerprint density at radius 2 is 2.07 bits per heavy atom. The molecule has 0 bridgehead atoms. The molecule has 2 amide bonds. The zero-order valence-corrected chi connectivity index (χ0v) is 17.4. The first kappa shape index (κ1) is 20.7. The van der Waals surface area contributed by atoms with Crippen LogP contribution in [0.4, 0.5) is 10.1 Å². The predicted molar refractivity (Wildman–Crippen MR) is 109 cm³/mol. The van der Waals surface area contributed by atoms with E-state index in [-0.39, 0.29) is 18.5 Å². The van der Waals surface area contributed by atoms with Crippen molar-refractivity contribution < 1.29 is 18.7 Å². The van der Waals surface area contributed by atoms with E-state index in [0.29, 0.717) is 27.2 Å². The number of nitrogens with one attached hydrogen (secondary N) is 1. The highest BCUT2D eigenvalue weighted by Gasteiger charge is 2.42. The highest BCUT2D eigenvalue weighted by Crippen LogP contribution is 2.39. The molecule has 0 atom stereocenters. The second-order valence-electron chi connectivity index (χ2n) is 7.76. The molecule has 152 valence electrons. The summed E-state index contributed by atoms with van der Waals surface area (Å²) in [6, 6.07) is 6.64. The lowest BCUT2D eigenvalue weighted by Gasteiger charge is -2.40. The Morgan fingerprint density at radius 3 is 2.75 bits per heavy atom. The van der Waals surface area contributed by atoms with E-state index in [1.807, 2.05) is 6.92 Å². The van der Waals surface area contributed by atoms with Gasteiger partial charge >= 0.3 is 0 Å². The van der Waals surface area contributed by atoms with Crippen LogP contribution >= 0.6 is 11.8 Å². The van der Waals surface area contributed by atoms with Gasteiger partial charge in [0, 0.05) is 10.9 Å². The van der Waals surface area contributed by atoms with Crippen molar-refractivity contribution in [3.8, 4) is 0 Å². The fourth-order valence-corrected chi connectivity index (χ4v) is 4.76. The summed E-state index contributed by atoms with van der Waals surface area (Å²) in [6.45, 7) is 4.63. The van der Waals surface area contributed by atoms with Crippen LogP contribution in [-0.2, 0) is 21.0 Å². The lowest BCUT2D eigenvalue weighted by atomic mass is 10.0. The summed E-state index contributed by atoms with van der Waals surface area (Å²) in [6.07, 6.45) is 4.58. The number of rotatable bonds is 6. The number of ether oxygens (including phenoxy) is 1. The zero-order valence-electron chi connectivity index (χ0n) is 16.6. The topological polar surface area (TPSA) is 58.6 Å². The fourth-order valence-electron chi connectivity index (χ4n) is 3.42. The van der Waals surface area contributed by atoms with Crippen LogP contribution in [0.2, 0.25) is 0 Å². The maximum absolute atomic E-state index is 13.2. The largest absolute Gasteiger partial charge is 0.476 e. The molecule has 1 fully saturated rings. The van der Waals surface area contributed by atoms with Gasteiger partial charge in [0.2, 0.25) is 5.91 Å². The molecule has 1 aromatic carbocycles. The molecule has 1 aromatic rings. The summed E-state index contributed by atoms with van der Waals surface area (Å²) in [4.78, 5) is 28.2. The van der Waals surface area contributed by atoms with Crippen LogP contribution in [0.15, 0.2) is 34.9 Å². The average molecular weight is 407 g/mol. The second-order valence-corrected chi connectivity index (χ2v) is 9.07. The summed E-state index contributed by atoms with van der Waals surface area (Å²) < 4.78 is 18.6. The van der Waals surface area contributed by atoms with Crippen molar-refractivity contribution in [2.75, 3.05) is 12.0 Å². The molecule has 1 saturated carbocycles. The quantitative estimate of drug-likeness (QED) is 0.750. The first-order valence-electron chi connectivity index (χ1n) is 9.61. The molecule has 2 aliphatic rings. The fraction of sp³-hybridized carbons (Fsp3) is 0.524. The van der Waals surface area contributed by atoms with E-state index in [4.69, 9.17) is 4.74 Å². The van der Waals surface area contributed by atoms with Crippen molar-refractivity contribution in [3.05, 3.63) is 40.5 Å². The molecule has 28 heavy (non-hydrogen) atoms. The first-order valence-corrected chi connectivity index (χ1v) is 10.5. The Morgan fingerprint density at radius 1 is 1.36 bits per heavy atom. The molecule has 0 saturated heterocycles. The van der Waals surface area contributed by atoms with Crippen LogP contribution in [0, 0.1) is 0 Å². The maximum atomic E-state index is 13.2. The predicted octanol–water partition coefficient (Wildman–Crippen LogP) is 4.60. The first-order chi connectivity index (χ1) is 13.3. The number of allylic oxidation sites excluding steroid dienone is 1. The van der Waals surface area contributed by atoms with Gasteiger partial charge in [0.25, 0.3) is 5.91 Å². The van der Waals surface area contributed by atoms with E-state index in [9.17, 15) is 14.0 Å². The number of amides is 2. The Hall–Kier alpha value is -2.02. The molecule has 1 aliphatic heterocycles. The van der Waals surface area contributed by atoms with Crippen molar-refractivity contribution >= 4 is 29.3 Å². The van der Waals surface area contributed by atoms with E-state index in [0.717, 1.165) is 12.8 Å². The van der Waals surface area contributed by atoms with Gasteiger partial charge in [-0.25, -0.2) is 4.39 Å². The standard InChI is InChI=1S/C21H27FN2O3S/c1-14-18(28-17-9-4-5-10-17)19(25)24(13-27-14)21(2,3)20(26)23-16-8-6-7-15(11-16)12-22/h6-8,11,17H,4-5,9-10,12-13H2,1-3H3,(H,23,26). The number of nitrogens with zero attached hydrogens (tertiary/aromatic N) is 1. The molecule has 0 aromatic heterocycles. The van der Waals surface area contributed by atoms with Crippen molar-refractivity contribution in [2.45, 2.75) is 63.9 Å². The smallest absolute Gasteiger partial charge is 0.267 e. The summed E-state index contributed by atoms with van der Waals surface area (Å²) in [5, 5.41) is 3.22. The van der Waals surface area contributed by atoms with Crippen molar-refractivity contribution in [1.29, 1.82) is 0 Å². The van der Waals surface area contributed by atoms with Gasteiger partial charge in [0.15, 0.2) is 6.73 Å². The summed E-state index contributed by atoms with van der Waals surface area (Å²) in [5.74, 6) is 0.119. The summed E-state index contributed by atoms with van der Waals surface area (Å²) in [7, 11) is 0. The second kappa shape index (κ2) is 8.55. The van der Waals surface area contributed by atoms with Gasteiger partial charge in [0.1, 0.15) is 22.9 Å². The summed E-state index contributed by atoms with van der Waals surface area (Å²) >= 11 is 1.57. The Kier molecular flexibility index (Phi) is 6.33. The number of thioether (sulfide) groups is 1. The van der Waals surface area contributed by atoms with Gasteiger partial charge in [-0.2, -0.15) is 0 Å². The Labute approximate surface area is 169 Å². The molecular formula is C21H27FN2O3S. The monoisotopic (exact) mass is 406 g/mol. The third kappa shape index (κ3) is 4.35. The van der Waals surface area contributed by atoms with Gasteiger partial charge in [-0.05, 0) is 51.3 Å². The number of halogens is 1. The number of alkyl halides is 1. The van der Waals surface area contributed by atoms with Crippen LogP contribution in [0.25, 0.3) is 0 Å². The minimum Gasteiger partial charge on any atom is -0.476 e. The maximum Gasteiger partial charge on any atom is 0.267 e. The lowest BCUT2D eigenvalue weighted by molar-refractivity contribution is -0.148. The van der Waals surface area contributed by atoms with Crippen LogP contribution in [0.3, 0.4) is 0 Å². The zero-order chi connectivity index (χ0) is 20.3. The molecule has 1 aliphatic carbocycles. The minimum atomic E-state index is -1.12. The van der Waals surface area contributed by atoms with Crippen LogP contribution in [0.1, 0.15) is 52.0 Å². The Balaban J connectivity index is 1.74. The van der Waals surface area contributed by atoms with E-state index in [1.165, 1.54) is 17.7 Å². The normalized spacial score (nSPS) is 18.4. The number of hydrogen-bond acceptors (Lipinski definition) is 4. The van der Waals surface area contributed by atoms with Gasteiger partial charge in [-0.15, -0.1) is 11.8 Å². The number of carbonyl (C=O) groups excluding carboxylic acids is 2. The number of carbonyl (C=O) groups is 2. The van der Waals surface area contributed by atoms with Crippen LogP contribution in [0.5, 0.6) is 0 Å². The van der Waals surface area contributed by atoms with Gasteiger partial charge in [0.05, 0.1) is 0 Å². The van der Waals surface area contributed by atoms with E-state index in [2.05, 4.69) is 5.32 Å². The Bertz CT molecular complexity index is 788. The van der Waals surface area contributed by atoms with Crippen molar-refractivity contribution in [2.24, 2.45) is 0 Å².